The molecule has 0 radical (unpaired) electrons. The number of aliphatic imine (C=N–C) groups is 1. The maximum absolute atomic E-state index is 12.9. The highest BCUT2D eigenvalue weighted by Gasteiger charge is 2.38. The first-order valence-electron chi connectivity index (χ1n) is 10.4. The molecule has 2 amide bonds. The van der Waals surface area contributed by atoms with Crippen LogP contribution in [-0.4, -0.2) is 33.7 Å². The summed E-state index contributed by atoms with van der Waals surface area (Å²) >= 11 is 1.37. The summed E-state index contributed by atoms with van der Waals surface area (Å²) in [5, 5.41) is 5.26. The van der Waals surface area contributed by atoms with Crippen LogP contribution in [0.4, 0.5) is 11.4 Å². The van der Waals surface area contributed by atoms with Crippen LogP contribution in [0.5, 0.6) is 0 Å². The second kappa shape index (κ2) is 8.94. The van der Waals surface area contributed by atoms with E-state index in [0.717, 1.165) is 33.3 Å². The van der Waals surface area contributed by atoms with Crippen LogP contribution < -0.4 is 5.32 Å². The predicted molar refractivity (Wildman–Crippen MR) is 129 cm³/mol. The van der Waals surface area contributed by atoms with E-state index in [0.29, 0.717) is 11.7 Å². The van der Waals surface area contributed by atoms with Crippen LogP contribution in [0.2, 0.25) is 0 Å². The van der Waals surface area contributed by atoms with Crippen molar-refractivity contribution in [1.82, 2.24) is 4.90 Å². The standard InChI is InChI=1S/C25H25N3O2S/c1-4-28-24(30)22(15-23(29)26-20-13-12-16(2)14-17(20)3)31-25(28)27-21-11-7-9-18-8-5-6-10-19(18)21/h5-14,22H,4,15H2,1-3H3,(H,26,29). The van der Waals surface area contributed by atoms with Crippen molar-refractivity contribution in [3.8, 4) is 0 Å². The monoisotopic (exact) mass is 431 g/mol. The molecule has 1 fully saturated rings. The Bertz CT molecular complexity index is 1180. The molecule has 1 aliphatic heterocycles. The minimum absolute atomic E-state index is 0.0673. The van der Waals surface area contributed by atoms with Crippen LogP contribution in [0.1, 0.15) is 24.5 Å². The Labute approximate surface area is 186 Å². The minimum Gasteiger partial charge on any atom is -0.326 e. The van der Waals surface area contributed by atoms with Crippen molar-refractivity contribution < 1.29 is 9.59 Å². The van der Waals surface area contributed by atoms with Gasteiger partial charge in [-0.05, 0) is 43.9 Å². The van der Waals surface area contributed by atoms with E-state index in [4.69, 9.17) is 4.99 Å². The number of rotatable bonds is 5. The Hall–Kier alpha value is -3.12. The number of hydrogen-bond acceptors (Lipinski definition) is 4. The molecular formula is C25H25N3O2S. The number of fused-ring (bicyclic) bond motifs is 1. The Morgan fingerprint density at radius 1 is 1.10 bits per heavy atom. The molecule has 0 aliphatic carbocycles. The molecule has 0 aromatic heterocycles. The molecule has 0 saturated carbocycles. The Morgan fingerprint density at radius 2 is 1.87 bits per heavy atom. The van der Waals surface area contributed by atoms with Crippen LogP contribution in [-0.2, 0) is 9.59 Å². The lowest BCUT2D eigenvalue weighted by molar-refractivity contribution is -0.128. The number of nitrogens with zero attached hydrogens (tertiary/aromatic N) is 2. The van der Waals surface area contributed by atoms with E-state index < -0.39 is 5.25 Å². The molecule has 5 nitrogen and oxygen atoms in total. The number of thioether (sulfide) groups is 1. The quantitative estimate of drug-likeness (QED) is 0.585. The zero-order valence-electron chi connectivity index (χ0n) is 17.9. The first-order chi connectivity index (χ1) is 15.0. The molecule has 1 unspecified atom stereocenters. The summed E-state index contributed by atoms with van der Waals surface area (Å²) in [6, 6.07) is 19.9. The molecule has 4 rings (SSSR count). The molecule has 0 spiro atoms. The Morgan fingerprint density at radius 3 is 2.65 bits per heavy atom. The van der Waals surface area contributed by atoms with Gasteiger partial charge < -0.3 is 5.32 Å². The van der Waals surface area contributed by atoms with Gasteiger partial charge in [0.05, 0.1) is 5.69 Å². The van der Waals surface area contributed by atoms with Gasteiger partial charge in [0.1, 0.15) is 5.25 Å². The van der Waals surface area contributed by atoms with E-state index in [2.05, 4.69) is 5.32 Å². The summed E-state index contributed by atoms with van der Waals surface area (Å²) in [6.07, 6.45) is 0.113. The van der Waals surface area contributed by atoms with E-state index in [1.54, 1.807) is 4.90 Å². The van der Waals surface area contributed by atoms with E-state index in [9.17, 15) is 9.59 Å². The van der Waals surface area contributed by atoms with Crippen molar-refractivity contribution >= 4 is 50.9 Å². The number of benzene rings is 3. The van der Waals surface area contributed by atoms with Crippen molar-refractivity contribution in [1.29, 1.82) is 0 Å². The lowest BCUT2D eigenvalue weighted by Gasteiger charge is -2.14. The lowest BCUT2D eigenvalue weighted by Crippen LogP contribution is -2.33. The summed E-state index contributed by atoms with van der Waals surface area (Å²) in [6.45, 7) is 6.42. The van der Waals surface area contributed by atoms with Gasteiger partial charge in [0.25, 0.3) is 0 Å². The highest BCUT2D eigenvalue weighted by Crippen LogP contribution is 2.34. The number of carbonyl (C=O) groups excluding carboxylic acids is 2. The Balaban J connectivity index is 1.54. The van der Waals surface area contributed by atoms with Crippen molar-refractivity contribution in [2.75, 3.05) is 11.9 Å². The van der Waals surface area contributed by atoms with Crippen LogP contribution in [0.3, 0.4) is 0 Å². The average Bonchev–Trinajstić information content (AvgIpc) is 3.04. The van der Waals surface area contributed by atoms with Gasteiger partial charge in [0.2, 0.25) is 11.8 Å². The van der Waals surface area contributed by atoms with Crippen molar-refractivity contribution in [2.24, 2.45) is 4.99 Å². The van der Waals surface area contributed by atoms with Crippen molar-refractivity contribution in [2.45, 2.75) is 32.4 Å². The van der Waals surface area contributed by atoms with Gasteiger partial charge in [-0.2, -0.15) is 0 Å². The van der Waals surface area contributed by atoms with Gasteiger partial charge in [0, 0.05) is 24.0 Å². The normalized spacial score (nSPS) is 17.5. The van der Waals surface area contributed by atoms with Crippen LogP contribution >= 0.6 is 11.8 Å². The number of hydrogen-bond donors (Lipinski definition) is 1. The van der Waals surface area contributed by atoms with Crippen molar-refractivity contribution in [3.63, 3.8) is 0 Å². The van der Waals surface area contributed by atoms with Gasteiger partial charge in [-0.3, -0.25) is 14.5 Å². The first kappa shape index (κ1) is 21.1. The van der Waals surface area contributed by atoms with Gasteiger partial charge in [-0.15, -0.1) is 0 Å². The predicted octanol–water partition coefficient (Wildman–Crippen LogP) is 5.44. The number of aryl methyl sites for hydroxylation is 2. The summed E-state index contributed by atoms with van der Waals surface area (Å²) in [7, 11) is 0. The van der Waals surface area contributed by atoms with E-state index in [-0.39, 0.29) is 18.2 Å². The number of amidine groups is 1. The highest BCUT2D eigenvalue weighted by molar-refractivity contribution is 8.15. The van der Waals surface area contributed by atoms with Gasteiger partial charge >= 0.3 is 0 Å². The third-order valence-electron chi connectivity index (χ3n) is 5.35. The van der Waals surface area contributed by atoms with Crippen LogP contribution in [0, 0.1) is 13.8 Å². The fourth-order valence-electron chi connectivity index (χ4n) is 3.75. The highest BCUT2D eigenvalue weighted by atomic mass is 32.2. The molecule has 1 atom stereocenters. The third-order valence-corrected chi connectivity index (χ3v) is 6.52. The zero-order chi connectivity index (χ0) is 22.0. The number of nitrogens with one attached hydrogen (secondary N) is 1. The molecule has 3 aromatic rings. The number of anilines is 1. The second-order valence-corrected chi connectivity index (χ2v) is 8.82. The molecule has 6 heteroatoms. The minimum atomic E-state index is -0.473. The molecule has 1 saturated heterocycles. The average molecular weight is 432 g/mol. The molecule has 31 heavy (non-hydrogen) atoms. The molecule has 1 aliphatic rings. The summed E-state index contributed by atoms with van der Waals surface area (Å²) in [5.74, 6) is -0.234. The second-order valence-electron chi connectivity index (χ2n) is 7.65. The summed E-state index contributed by atoms with van der Waals surface area (Å²) < 4.78 is 0. The third kappa shape index (κ3) is 4.49. The van der Waals surface area contributed by atoms with Gasteiger partial charge in [-0.25, -0.2) is 4.99 Å². The van der Waals surface area contributed by atoms with Crippen LogP contribution in [0.25, 0.3) is 10.8 Å². The fraction of sp³-hybridized carbons (Fsp3) is 0.240. The Kier molecular flexibility index (Phi) is 6.09. The van der Waals surface area contributed by atoms with E-state index >= 15 is 0 Å². The largest absolute Gasteiger partial charge is 0.326 e. The van der Waals surface area contributed by atoms with Crippen molar-refractivity contribution in [3.05, 3.63) is 71.8 Å². The van der Waals surface area contributed by atoms with E-state index in [1.807, 2.05) is 81.4 Å². The fourth-order valence-corrected chi connectivity index (χ4v) is 4.96. The number of carbonyl (C=O) groups is 2. The van der Waals surface area contributed by atoms with E-state index in [1.165, 1.54) is 11.8 Å². The SMILES string of the molecule is CCN1C(=O)C(CC(=O)Nc2ccc(C)cc2C)SC1=Nc1cccc2ccccc12. The first-order valence-corrected chi connectivity index (χ1v) is 11.3. The molecule has 0 bridgehead atoms. The molecule has 3 aromatic carbocycles. The number of amides is 2. The molecule has 158 valence electrons. The lowest BCUT2D eigenvalue weighted by atomic mass is 10.1. The molecule has 1 heterocycles. The molecular weight excluding hydrogens is 406 g/mol. The summed E-state index contributed by atoms with van der Waals surface area (Å²) in [4.78, 5) is 32.1. The van der Waals surface area contributed by atoms with Gasteiger partial charge in [0.15, 0.2) is 5.17 Å². The molecule has 1 N–H and O–H groups in total. The summed E-state index contributed by atoms with van der Waals surface area (Å²) in [5.41, 5.74) is 3.76. The maximum Gasteiger partial charge on any atom is 0.242 e. The maximum atomic E-state index is 12.9. The van der Waals surface area contributed by atoms with Crippen LogP contribution in [0.15, 0.2) is 65.7 Å². The topological polar surface area (TPSA) is 61.8 Å². The smallest absolute Gasteiger partial charge is 0.242 e. The zero-order valence-corrected chi connectivity index (χ0v) is 18.7. The van der Waals surface area contributed by atoms with Gasteiger partial charge in [-0.1, -0.05) is 65.9 Å².